The van der Waals surface area contributed by atoms with Gasteiger partial charge in [-0.1, -0.05) is 19.3 Å². The minimum atomic E-state index is -0.858. The summed E-state index contributed by atoms with van der Waals surface area (Å²) in [6, 6.07) is 10.1. The zero-order valence-electron chi connectivity index (χ0n) is 18.8. The second-order valence-corrected chi connectivity index (χ2v) is 6.89. The van der Waals surface area contributed by atoms with Gasteiger partial charge >= 0.3 is 11.9 Å². The molecule has 7 heteroatoms. The summed E-state index contributed by atoms with van der Waals surface area (Å²) in [7, 11) is 2.78. The molecule has 0 saturated heterocycles. The van der Waals surface area contributed by atoms with E-state index in [1.807, 2.05) is 6.92 Å². The van der Waals surface area contributed by atoms with E-state index in [0.29, 0.717) is 40.4 Å². The van der Waals surface area contributed by atoms with E-state index in [1.54, 1.807) is 43.3 Å². The van der Waals surface area contributed by atoms with E-state index in [4.69, 9.17) is 30.1 Å². The Bertz CT molecular complexity index is 975. The molecule has 0 saturated carbocycles. The average molecular weight is 440 g/mol. The molecule has 0 N–H and O–H groups in total. The van der Waals surface area contributed by atoms with Crippen molar-refractivity contribution in [3.63, 3.8) is 0 Å². The van der Waals surface area contributed by atoms with Crippen molar-refractivity contribution in [3.8, 4) is 35.0 Å². The van der Waals surface area contributed by atoms with E-state index in [1.165, 1.54) is 14.2 Å². The Labute approximate surface area is 188 Å². The number of unbranched alkanes of at least 4 members (excludes halogenated alkanes) is 1. The van der Waals surface area contributed by atoms with Gasteiger partial charge in [0, 0.05) is 23.8 Å². The third-order valence-electron chi connectivity index (χ3n) is 4.56. The van der Waals surface area contributed by atoms with Gasteiger partial charge in [0.25, 0.3) is 0 Å². The molecule has 2 aromatic carbocycles. The van der Waals surface area contributed by atoms with Crippen molar-refractivity contribution in [1.29, 1.82) is 0 Å². The van der Waals surface area contributed by atoms with Gasteiger partial charge in [-0.05, 0) is 49.7 Å². The van der Waals surface area contributed by atoms with Gasteiger partial charge in [0.05, 0.1) is 19.3 Å². The second kappa shape index (κ2) is 12.4. The first-order chi connectivity index (χ1) is 15.4. The molecule has 0 aromatic heterocycles. The van der Waals surface area contributed by atoms with Crippen LogP contribution in [-0.2, 0) is 19.0 Å². The van der Waals surface area contributed by atoms with Crippen molar-refractivity contribution in [2.24, 2.45) is 0 Å². The molecule has 0 aliphatic heterocycles. The average Bonchev–Trinajstić information content (AvgIpc) is 2.82. The normalized spacial score (nSPS) is 11.2. The number of hydrogen-bond donors (Lipinski definition) is 0. The molecule has 0 aliphatic carbocycles. The molecule has 7 nitrogen and oxygen atoms in total. The van der Waals surface area contributed by atoms with Crippen molar-refractivity contribution >= 4 is 11.9 Å². The van der Waals surface area contributed by atoms with E-state index in [0.717, 1.165) is 12.8 Å². The molecule has 32 heavy (non-hydrogen) atoms. The Hall–Kier alpha value is -3.50. The number of carbonyl (C=O) groups is 2. The summed E-state index contributed by atoms with van der Waals surface area (Å²) in [6.45, 7) is 3.92. The Balaban J connectivity index is 2.49. The third kappa shape index (κ3) is 6.50. The topological polar surface area (TPSA) is 80.3 Å². The van der Waals surface area contributed by atoms with Crippen LogP contribution in [0.1, 0.15) is 42.6 Å². The lowest BCUT2D eigenvalue weighted by atomic mass is 10.00. The molecule has 0 unspecified atom stereocenters. The fraction of sp³-hybridized carbons (Fsp3) is 0.360. The largest absolute Gasteiger partial charge is 0.478 e. The van der Waals surface area contributed by atoms with E-state index in [-0.39, 0.29) is 6.79 Å². The maximum atomic E-state index is 12.4. The third-order valence-corrected chi connectivity index (χ3v) is 4.56. The Morgan fingerprint density at radius 2 is 1.78 bits per heavy atom. The van der Waals surface area contributed by atoms with Gasteiger partial charge in [0.15, 0.2) is 12.9 Å². The van der Waals surface area contributed by atoms with Crippen LogP contribution in [0.5, 0.6) is 11.5 Å². The van der Waals surface area contributed by atoms with Gasteiger partial charge in [-0.2, -0.15) is 0 Å². The van der Waals surface area contributed by atoms with Crippen LogP contribution in [-0.4, -0.2) is 45.7 Å². The van der Waals surface area contributed by atoms with Gasteiger partial charge in [-0.25, -0.2) is 9.59 Å². The van der Waals surface area contributed by atoms with Gasteiger partial charge in [-0.15, -0.1) is 6.42 Å². The Morgan fingerprint density at radius 3 is 2.44 bits per heavy atom. The zero-order chi connectivity index (χ0) is 23.5. The molecule has 0 amide bonds. The molecule has 170 valence electrons. The molecule has 2 aromatic rings. The lowest BCUT2D eigenvalue weighted by Gasteiger charge is -2.18. The van der Waals surface area contributed by atoms with E-state index in [2.05, 4.69) is 5.92 Å². The highest BCUT2D eigenvalue weighted by atomic mass is 16.7. The van der Waals surface area contributed by atoms with Crippen LogP contribution in [0.15, 0.2) is 36.4 Å². The minimum absolute atomic E-state index is 0.0292. The van der Waals surface area contributed by atoms with E-state index >= 15 is 0 Å². The smallest absolute Gasteiger partial charge is 0.346 e. The van der Waals surface area contributed by atoms with Crippen LogP contribution in [0.2, 0.25) is 0 Å². The highest BCUT2D eigenvalue weighted by Crippen LogP contribution is 2.38. The SMILES string of the molecule is C#Cc1ccc(-c2ccc(C(=O)OCCCC)cc2OCOC)c(O[C@H](C)C(=O)OC)c1. The number of methoxy groups -OCH3 is 2. The standard InChI is InChI=1S/C25H28O7/c1-6-8-13-30-25(27)19-10-12-20(22(15-19)31-16-28-4)21-11-9-18(7-2)14-23(21)32-17(3)24(26)29-5/h2,9-12,14-15,17H,6,8,13,16H2,1,3-5H3/t17-/m1/s1. The first kappa shape index (κ1) is 24.8. The molecule has 1 atom stereocenters. The first-order valence-electron chi connectivity index (χ1n) is 10.2. The summed E-state index contributed by atoms with van der Waals surface area (Å²) in [4.78, 5) is 24.3. The van der Waals surface area contributed by atoms with Crippen LogP contribution in [0, 0.1) is 12.3 Å². The van der Waals surface area contributed by atoms with Gasteiger partial charge < -0.3 is 23.7 Å². The molecule has 0 heterocycles. The lowest BCUT2D eigenvalue weighted by molar-refractivity contribution is -0.147. The van der Waals surface area contributed by atoms with Crippen LogP contribution in [0.4, 0.5) is 0 Å². The first-order valence-corrected chi connectivity index (χ1v) is 10.2. The molecule has 0 fully saturated rings. The van der Waals surface area contributed by atoms with Crippen molar-refractivity contribution in [1.82, 2.24) is 0 Å². The molecule has 0 radical (unpaired) electrons. The zero-order valence-corrected chi connectivity index (χ0v) is 18.8. The molecule has 2 rings (SSSR count). The van der Waals surface area contributed by atoms with E-state index in [9.17, 15) is 9.59 Å². The summed E-state index contributed by atoms with van der Waals surface area (Å²) in [5.74, 6) is 2.35. The Kier molecular flexibility index (Phi) is 9.58. The quantitative estimate of drug-likeness (QED) is 0.224. The highest BCUT2D eigenvalue weighted by Gasteiger charge is 2.20. The van der Waals surface area contributed by atoms with Crippen molar-refractivity contribution in [2.75, 3.05) is 27.6 Å². The van der Waals surface area contributed by atoms with Gasteiger partial charge in [0.1, 0.15) is 11.5 Å². The molecule has 0 spiro atoms. The number of ether oxygens (including phenoxy) is 5. The molecular formula is C25H28O7. The van der Waals surface area contributed by atoms with Crippen LogP contribution >= 0.6 is 0 Å². The monoisotopic (exact) mass is 440 g/mol. The van der Waals surface area contributed by atoms with Gasteiger partial charge in [0.2, 0.25) is 0 Å². The molecule has 0 bridgehead atoms. The number of esters is 2. The fourth-order valence-corrected chi connectivity index (χ4v) is 2.84. The summed E-state index contributed by atoms with van der Waals surface area (Å²) < 4.78 is 26.7. The summed E-state index contributed by atoms with van der Waals surface area (Å²) in [5, 5.41) is 0. The second-order valence-electron chi connectivity index (χ2n) is 6.89. The van der Waals surface area contributed by atoms with Gasteiger partial charge in [-0.3, -0.25) is 0 Å². The number of carbonyl (C=O) groups excluding carboxylic acids is 2. The summed E-state index contributed by atoms with van der Waals surface area (Å²) in [6.07, 6.45) is 6.39. The maximum absolute atomic E-state index is 12.4. The highest BCUT2D eigenvalue weighted by molar-refractivity contribution is 5.91. The van der Waals surface area contributed by atoms with Crippen molar-refractivity contribution < 1.29 is 33.3 Å². The number of rotatable bonds is 11. The van der Waals surface area contributed by atoms with Crippen LogP contribution in [0.25, 0.3) is 11.1 Å². The fourth-order valence-electron chi connectivity index (χ4n) is 2.84. The van der Waals surface area contributed by atoms with Crippen molar-refractivity contribution in [3.05, 3.63) is 47.5 Å². The number of hydrogen-bond acceptors (Lipinski definition) is 7. The summed E-state index contributed by atoms with van der Waals surface area (Å²) in [5.41, 5.74) is 2.18. The number of terminal acetylenes is 1. The molecule has 0 aliphatic rings. The van der Waals surface area contributed by atoms with Crippen LogP contribution < -0.4 is 9.47 Å². The lowest BCUT2D eigenvalue weighted by Crippen LogP contribution is -2.25. The maximum Gasteiger partial charge on any atom is 0.346 e. The predicted molar refractivity (Wildman–Crippen MR) is 120 cm³/mol. The summed E-state index contributed by atoms with van der Waals surface area (Å²) >= 11 is 0. The minimum Gasteiger partial charge on any atom is -0.478 e. The Morgan fingerprint density at radius 1 is 1.06 bits per heavy atom. The van der Waals surface area contributed by atoms with Crippen LogP contribution in [0.3, 0.4) is 0 Å². The van der Waals surface area contributed by atoms with Crippen molar-refractivity contribution in [2.45, 2.75) is 32.8 Å². The molecular weight excluding hydrogens is 412 g/mol. The number of benzene rings is 2. The predicted octanol–water partition coefficient (Wildman–Crippen LogP) is 4.21. The van der Waals surface area contributed by atoms with E-state index < -0.39 is 18.0 Å².